The van der Waals surface area contributed by atoms with E-state index in [2.05, 4.69) is 0 Å². The summed E-state index contributed by atoms with van der Waals surface area (Å²) >= 11 is 0. The Morgan fingerprint density at radius 1 is 0.944 bits per heavy atom. The fourth-order valence-electron chi connectivity index (χ4n) is 1.50. The van der Waals surface area contributed by atoms with Gasteiger partial charge in [-0.15, -0.1) is 12.4 Å². The van der Waals surface area contributed by atoms with Gasteiger partial charge in [-0.1, -0.05) is 30.3 Å². The molecule has 0 amide bonds. The number of halogens is 2. The SMILES string of the molecule is Cl.N[C@H](CF)c1ccc(Oc2ccccc2)cc1. The maximum Gasteiger partial charge on any atom is 0.127 e. The van der Waals surface area contributed by atoms with Crippen LogP contribution in [0.15, 0.2) is 54.6 Å². The molecule has 2 rings (SSSR count). The Labute approximate surface area is 112 Å². The smallest absolute Gasteiger partial charge is 0.127 e. The van der Waals surface area contributed by atoms with Crippen LogP contribution >= 0.6 is 12.4 Å². The standard InChI is InChI=1S/C14H14FNO.ClH/c15-10-14(16)11-6-8-13(9-7-11)17-12-4-2-1-3-5-12;/h1-9,14H,10,16H2;1H/t14-;/m1./s1. The maximum atomic E-state index is 12.4. The summed E-state index contributed by atoms with van der Waals surface area (Å²) in [5.41, 5.74) is 6.35. The van der Waals surface area contributed by atoms with Crippen LogP contribution in [0.1, 0.15) is 11.6 Å². The first-order valence-electron chi connectivity index (χ1n) is 5.44. The highest BCUT2D eigenvalue weighted by Crippen LogP contribution is 2.22. The average Bonchev–Trinajstić information content (AvgIpc) is 2.40. The quantitative estimate of drug-likeness (QED) is 0.913. The van der Waals surface area contributed by atoms with Crippen molar-refractivity contribution in [2.24, 2.45) is 5.73 Å². The van der Waals surface area contributed by atoms with E-state index < -0.39 is 12.7 Å². The minimum atomic E-state index is -0.557. The molecule has 0 bridgehead atoms. The van der Waals surface area contributed by atoms with Crippen molar-refractivity contribution >= 4 is 12.4 Å². The van der Waals surface area contributed by atoms with Crippen LogP contribution < -0.4 is 10.5 Å². The van der Waals surface area contributed by atoms with Crippen LogP contribution in [-0.2, 0) is 0 Å². The molecule has 0 radical (unpaired) electrons. The van der Waals surface area contributed by atoms with Crippen LogP contribution in [-0.4, -0.2) is 6.67 Å². The summed E-state index contributed by atoms with van der Waals surface area (Å²) in [6.07, 6.45) is 0. The van der Waals surface area contributed by atoms with Crippen LogP contribution in [0.4, 0.5) is 4.39 Å². The minimum absolute atomic E-state index is 0. The van der Waals surface area contributed by atoms with Crippen LogP contribution in [0.3, 0.4) is 0 Å². The Hall–Kier alpha value is -1.58. The maximum absolute atomic E-state index is 12.4. The van der Waals surface area contributed by atoms with E-state index in [1.54, 1.807) is 24.3 Å². The molecule has 0 heterocycles. The monoisotopic (exact) mass is 267 g/mol. The summed E-state index contributed by atoms with van der Waals surface area (Å²) in [5.74, 6) is 1.49. The number of hydrogen-bond acceptors (Lipinski definition) is 2. The second kappa shape index (κ2) is 6.99. The average molecular weight is 268 g/mol. The van der Waals surface area contributed by atoms with Crippen molar-refractivity contribution in [2.75, 3.05) is 6.67 Å². The van der Waals surface area contributed by atoms with Gasteiger partial charge in [-0.25, -0.2) is 4.39 Å². The summed E-state index contributed by atoms with van der Waals surface area (Å²) in [5, 5.41) is 0. The number of alkyl halides is 1. The van der Waals surface area contributed by atoms with Gasteiger partial charge in [-0.05, 0) is 29.8 Å². The Morgan fingerprint density at radius 2 is 1.50 bits per heavy atom. The summed E-state index contributed by atoms with van der Waals surface area (Å²) < 4.78 is 18.0. The van der Waals surface area contributed by atoms with Gasteiger partial charge in [-0.2, -0.15) is 0 Å². The molecule has 0 aliphatic heterocycles. The molecule has 2 aromatic rings. The zero-order valence-electron chi connectivity index (χ0n) is 9.75. The highest BCUT2D eigenvalue weighted by molar-refractivity contribution is 5.85. The third-order valence-corrected chi connectivity index (χ3v) is 2.45. The van der Waals surface area contributed by atoms with Gasteiger partial charge in [0.05, 0.1) is 6.04 Å². The molecule has 2 N–H and O–H groups in total. The van der Waals surface area contributed by atoms with E-state index in [-0.39, 0.29) is 12.4 Å². The van der Waals surface area contributed by atoms with Crippen molar-refractivity contribution in [1.82, 2.24) is 0 Å². The lowest BCUT2D eigenvalue weighted by atomic mass is 10.1. The van der Waals surface area contributed by atoms with Crippen molar-refractivity contribution in [3.8, 4) is 11.5 Å². The predicted molar refractivity (Wildman–Crippen MR) is 73.1 cm³/mol. The van der Waals surface area contributed by atoms with E-state index in [9.17, 15) is 4.39 Å². The third kappa shape index (κ3) is 3.72. The van der Waals surface area contributed by atoms with Gasteiger partial charge in [0, 0.05) is 0 Å². The zero-order chi connectivity index (χ0) is 12.1. The Balaban J connectivity index is 0.00000162. The topological polar surface area (TPSA) is 35.2 Å². The molecular weight excluding hydrogens is 253 g/mol. The molecule has 0 unspecified atom stereocenters. The Bertz CT molecular complexity index is 461. The molecule has 0 fully saturated rings. The summed E-state index contributed by atoms with van der Waals surface area (Å²) in [7, 11) is 0. The summed E-state index contributed by atoms with van der Waals surface area (Å²) in [6, 6.07) is 16.1. The third-order valence-electron chi connectivity index (χ3n) is 2.45. The fraction of sp³-hybridized carbons (Fsp3) is 0.143. The second-order valence-corrected chi connectivity index (χ2v) is 3.74. The van der Waals surface area contributed by atoms with Gasteiger partial charge in [0.15, 0.2) is 0 Å². The van der Waals surface area contributed by atoms with Crippen LogP contribution in [0, 0.1) is 0 Å². The number of ether oxygens (including phenoxy) is 1. The van der Waals surface area contributed by atoms with Crippen LogP contribution in [0.2, 0.25) is 0 Å². The van der Waals surface area contributed by atoms with Gasteiger partial charge in [0.1, 0.15) is 18.2 Å². The molecule has 0 aliphatic rings. The highest BCUT2D eigenvalue weighted by atomic mass is 35.5. The van der Waals surface area contributed by atoms with Crippen molar-refractivity contribution < 1.29 is 9.13 Å². The summed E-state index contributed by atoms with van der Waals surface area (Å²) in [4.78, 5) is 0. The molecule has 0 saturated heterocycles. The number of para-hydroxylation sites is 1. The normalized spacial score (nSPS) is 11.4. The van der Waals surface area contributed by atoms with E-state index in [1.165, 1.54) is 0 Å². The van der Waals surface area contributed by atoms with E-state index in [1.807, 2.05) is 30.3 Å². The molecule has 0 saturated carbocycles. The highest BCUT2D eigenvalue weighted by Gasteiger charge is 2.05. The molecule has 18 heavy (non-hydrogen) atoms. The Morgan fingerprint density at radius 3 is 2.06 bits per heavy atom. The van der Waals surface area contributed by atoms with E-state index >= 15 is 0 Å². The zero-order valence-corrected chi connectivity index (χ0v) is 10.6. The fourth-order valence-corrected chi connectivity index (χ4v) is 1.50. The lowest BCUT2D eigenvalue weighted by Gasteiger charge is -2.09. The molecule has 96 valence electrons. The van der Waals surface area contributed by atoms with Crippen molar-refractivity contribution in [1.29, 1.82) is 0 Å². The van der Waals surface area contributed by atoms with Crippen LogP contribution in [0.5, 0.6) is 11.5 Å². The first-order chi connectivity index (χ1) is 8.29. The van der Waals surface area contributed by atoms with Crippen molar-refractivity contribution in [3.63, 3.8) is 0 Å². The molecule has 2 aromatic carbocycles. The first-order valence-corrected chi connectivity index (χ1v) is 5.44. The summed E-state index contributed by atoms with van der Waals surface area (Å²) in [6.45, 7) is -0.557. The Kier molecular flexibility index (Phi) is 5.62. The molecule has 0 aromatic heterocycles. The molecule has 0 spiro atoms. The van der Waals surface area contributed by atoms with Gasteiger partial charge in [0.2, 0.25) is 0 Å². The van der Waals surface area contributed by atoms with Gasteiger partial charge in [-0.3, -0.25) is 0 Å². The molecule has 1 atom stereocenters. The first kappa shape index (κ1) is 14.5. The molecule has 0 aliphatic carbocycles. The second-order valence-electron chi connectivity index (χ2n) is 3.74. The van der Waals surface area contributed by atoms with Crippen molar-refractivity contribution in [2.45, 2.75) is 6.04 Å². The number of rotatable bonds is 4. The molecule has 2 nitrogen and oxygen atoms in total. The number of hydrogen-bond donors (Lipinski definition) is 1. The van der Waals surface area contributed by atoms with Crippen molar-refractivity contribution in [3.05, 3.63) is 60.2 Å². The van der Waals surface area contributed by atoms with E-state index in [4.69, 9.17) is 10.5 Å². The lowest BCUT2D eigenvalue weighted by Crippen LogP contribution is -2.11. The van der Waals surface area contributed by atoms with Gasteiger partial charge < -0.3 is 10.5 Å². The minimum Gasteiger partial charge on any atom is -0.457 e. The molecular formula is C14H15ClFNO. The molecule has 4 heteroatoms. The van der Waals surface area contributed by atoms with Crippen LogP contribution in [0.25, 0.3) is 0 Å². The van der Waals surface area contributed by atoms with E-state index in [0.29, 0.717) is 5.75 Å². The van der Waals surface area contributed by atoms with Gasteiger partial charge >= 0.3 is 0 Å². The predicted octanol–water partition coefficient (Wildman–Crippen LogP) is 3.87. The largest absolute Gasteiger partial charge is 0.457 e. The number of benzene rings is 2. The van der Waals surface area contributed by atoms with Gasteiger partial charge in [0.25, 0.3) is 0 Å². The lowest BCUT2D eigenvalue weighted by molar-refractivity contribution is 0.436. The van der Waals surface area contributed by atoms with E-state index in [0.717, 1.165) is 11.3 Å². The number of nitrogens with two attached hydrogens (primary N) is 1.